The van der Waals surface area contributed by atoms with Crippen molar-refractivity contribution in [2.75, 3.05) is 38.3 Å². The van der Waals surface area contributed by atoms with Crippen molar-refractivity contribution >= 4 is 22.9 Å². The lowest BCUT2D eigenvalue weighted by Gasteiger charge is -2.21. The van der Waals surface area contributed by atoms with Gasteiger partial charge in [0.1, 0.15) is 11.9 Å². The van der Waals surface area contributed by atoms with Crippen molar-refractivity contribution in [3.63, 3.8) is 0 Å². The van der Waals surface area contributed by atoms with Crippen LogP contribution in [-0.4, -0.2) is 81.1 Å². The van der Waals surface area contributed by atoms with Crippen molar-refractivity contribution < 1.29 is 34.7 Å². The molecule has 4 atom stereocenters. The van der Waals surface area contributed by atoms with E-state index >= 15 is 0 Å². The summed E-state index contributed by atoms with van der Waals surface area (Å²) in [6.07, 6.45) is -0.723. The zero-order valence-corrected chi connectivity index (χ0v) is 24.7. The van der Waals surface area contributed by atoms with Gasteiger partial charge < -0.3 is 40.5 Å². The third-order valence-corrected chi connectivity index (χ3v) is 7.90. The Kier molecular flexibility index (Phi) is 10.5. The van der Waals surface area contributed by atoms with E-state index in [0.29, 0.717) is 43.3 Å². The van der Waals surface area contributed by atoms with Crippen LogP contribution < -0.4 is 15.4 Å². The number of nitrogens with one attached hydrogen (secondary N) is 2. The van der Waals surface area contributed by atoms with Gasteiger partial charge in [-0.15, -0.1) is 0 Å². The summed E-state index contributed by atoms with van der Waals surface area (Å²) in [6.45, 7) is 2.60. The summed E-state index contributed by atoms with van der Waals surface area (Å²) in [5, 5.41) is 45.1. The summed E-state index contributed by atoms with van der Waals surface area (Å²) in [4.78, 5) is 17.3. The van der Waals surface area contributed by atoms with Crippen LogP contribution in [0.3, 0.4) is 0 Å². The second-order valence-electron chi connectivity index (χ2n) is 10.9. The number of carbonyl (C=O) groups excluding carboxylic acids is 1. The number of nitrogens with zero attached hydrogens (tertiary/aromatic N) is 2. The Morgan fingerprint density at radius 1 is 1.02 bits per heavy atom. The number of ether oxygens (including phenoxy) is 2. The lowest BCUT2D eigenvalue weighted by molar-refractivity contribution is -0.0478. The van der Waals surface area contributed by atoms with Gasteiger partial charge in [-0.1, -0.05) is 43.3 Å². The highest BCUT2D eigenvalue weighted by atomic mass is 16.5. The molecule has 0 spiro atoms. The fourth-order valence-electron chi connectivity index (χ4n) is 5.42. The first-order chi connectivity index (χ1) is 21.4. The molecule has 1 aromatic heterocycles. The monoisotopic (exact) mass is 604 g/mol. The molecule has 11 heteroatoms. The van der Waals surface area contributed by atoms with Crippen LogP contribution in [0.2, 0.25) is 0 Å². The number of fused-ring (bicyclic) bond motifs is 1. The van der Waals surface area contributed by atoms with Gasteiger partial charge in [-0.2, -0.15) is 0 Å². The molecule has 11 nitrogen and oxygen atoms in total. The number of amides is 1. The van der Waals surface area contributed by atoms with E-state index in [4.69, 9.17) is 19.6 Å². The van der Waals surface area contributed by atoms with Gasteiger partial charge in [0.15, 0.2) is 6.23 Å². The minimum Gasteiger partial charge on any atom is -0.493 e. The number of anilines is 1. The van der Waals surface area contributed by atoms with Crippen LogP contribution in [0.1, 0.15) is 41.9 Å². The molecule has 6 N–H and O–H groups in total. The zero-order chi connectivity index (χ0) is 31.1. The van der Waals surface area contributed by atoms with Gasteiger partial charge in [0.05, 0.1) is 37.0 Å². The minimum absolute atomic E-state index is 0.0867. The summed E-state index contributed by atoms with van der Waals surface area (Å²) >= 11 is 0. The number of unbranched alkanes of at least 4 members (excludes halogenated alkanes) is 1. The maximum absolute atomic E-state index is 12.5. The number of para-hydroxylation sites is 2. The molecule has 5 rings (SSSR count). The molecule has 234 valence electrons. The van der Waals surface area contributed by atoms with Crippen molar-refractivity contribution in [2.24, 2.45) is 5.92 Å². The average molecular weight is 605 g/mol. The number of rotatable bonds is 14. The number of aromatic nitrogens is 2. The Morgan fingerprint density at radius 3 is 2.64 bits per heavy atom. The Labute approximate surface area is 256 Å². The van der Waals surface area contributed by atoms with E-state index in [1.54, 1.807) is 18.2 Å². The predicted octanol–water partition coefficient (Wildman–Crippen LogP) is 3.08. The molecule has 0 saturated carbocycles. The van der Waals surface area contributed by atoms with E-state index in [9.17, 15) is 20.1 Å². The third kappa shape index (κ3) is 6.87. The molecule has 0 unspecified atom stereocenters. The fourth-order valence-corrected chi connectivity index (χ4v) is 5.42. The second kappa shape index (κ2) is 14.7. The number of imidazole rings is 1. The van der Waals surface area contributed by atoms with Crippen LogP contribution in [0.15, 0.2) is 66.7 Å². The lowest BCUT2D eigenvalue weighted by atomic mass is 10.00. The highest BCUT2D eigenvalue weighted by Crippen LogP contribution is 2.38. The minimum atomic E-state index is -0.829. The first-order valence-electron chi connectivity index (χ1n) is 15.0. The van der Waals surface area contributed by atoms with Crippen molar-refractivity contribution in [3.05, 3.63) is 77.9 Å². The van der Waals surface area contributed by atoms with Crippen LogP contribution >= 0.6 is 0 Å². The molecule has 0 aliphatic carbocycles. The molecule has 0 bridgehead atoms. The normalized spacial score (nSPS) is 19.8. The van der Waals surface area contributed by atoms with Crippen LogP contribution in [0.4, 0.5) is 5.95 Å². The van der Waals surface area contributed by atoms with E-state index in [-0.39, 0.29) is 38.2 Å². The van der Waals surface area contributed by atoms with E-state index in [2.05, 4.69) is 10.6 Å². The van der Waals surface area contributed by atoms with E-state index in [0.717, 1.165) is 27.7 Å². The van der Waals surface area contributed by atoms with Gasteiger partial charge in [-0.3, -0.25) is 9.36 Å². The van der Waals surface area contributed by atoms with Gasteiger partial charge in [-0.25, -0.2) is 4.98 Å². The molecule has 0 radical (unpaired) electrons. The average Bonchev–Trinajstić information content (AvgIpc) is 3.56. The van der Waals surface area contributed by atoms with E-state index in [1.165, 1.54) is 0 Å². The highest BCUT2D eigenvalue weighted by molar-refractivity contribution is 5.95. The molecule has 1 fully saturated rings. The molecular formula is C33H40N4O7. The van der Waals surface area contributed by atoms with Crippen LogP contribution in [0, 0.1) is 5.92 Å². The number of benzene rings is 3. The molecule has 1 amide bonds. The first-order valence-corrected chi connectivity index (χ1v) is 15.0. The molecule has 1 aliphatic heterocycles. The largest absolute Gasteiger partial charge is 0.493 e. The van der Waals surface area contributed by atoms with Crippen molar-refractivity contribution in [1.82, 2.24) is 14.9 Å². The molecule has 1 aliphatic rings. The number of aliphatic hydroxyl groups is 4. The van der Waals surface area contributed by atoms with E-state index in [1.807, 2.05) is 60.0 Å². The van der Waals surface area contributed by atoms with Gasteiger partial charge in [0, 0.05) is 36.7 Å². The number of hydrogen-bond donors (Lipinski definition) is 6. The number of aliphatic hydroxyl groups excluding tert-OH is 4. The predicted molar refractivity (Wildman–Crippen MR) is 166 cm³/mol. The maximum Gasteiger partial charge on any atom is 0.251 e. The molecular weight excluding hydrogens is 564 g/mol. The zero-order valence-electron chi connectivity index (χ0n) is 24.7. The molecule has 44 heavy (non-hydrogen) atoms. The van der Waals surface area contributed by atoms with Crippen LogP contribution in [0.5, 0.6) is 5.75 Å². The quantitative estimate of drug-likeness (QED) is 0.119. The lowest BCUT2D eigenvalue weighted by Crippen LogP contribution is -2.26. The molecule has 3 aromatic carbocycles. The summed E-state index contributed by atoms with van der Waals surface area (Å²) < 4.78 is 14.1. The van der Waals surface area contributed by atoms with Crippen molar-refractivity contribution in [2.45, 2.75) is 44.7 Å². The Bertz CT molecular complexity index is 1560. The second-order valence-corrected chi connectivity index (χ2v) is 10.9. The SMILES string of the molecule is C[C@H]1[C@@H](O)[C@H](n2c(NCc3ccc(-c4cccc(C(=O)NCCO)c4)c(OCCCCO)c3)nc3ccccc32)O[C@@H]1CO. The van der Waals surface area contributed by atoms with Gasteiger partial charge >= 0.3 is 0 Å². The van der Waals surface area contributed by atoms with Gasteiger partial charge in [-0.05, 0) is 54.3 Å². The Morgan fingerprint density at radius 2 is 1.86 bits per heavy atom. The molecule has 1 saturated heterocycles. The van der Waals surface area contributed by atoms with Crippen LogP contribution in [0.25, 0.3) is 22.2 Å². The third-order valence-electron chi connectivity index (χ3n) is 7.90. The summed E-state index contributed by atoms with van der Waals surface area (Å²) in [5.74, 6) is 0.636. The number of carbonyl (C=O) groups is 1. The Hall–Kier alpha value is -4.00. The smallest absolute Gasteiger partial charge is 0.251 e. The van der Waals surface area contributed by atoms with Gasteiger partial charge in [0.2, 0.25) is 5.95 Å². The van der Waals surface area contributed by atoms with Crippen LogP contribution in [-0.2, 0) is 11.3 Å². The first kappa shape index (κ1) is 31.4. The fraction of sp³-hybridized carbons (Fsp3) is 0.394. The standard InChI is InChI=1S/C33H40N4O7/c1-21-29(20-40)44-32(30(21)41)37-27-10-3-2-9-26(27)36-33(37)35-19-22-11-12-25(28(17-22)43-16-5-4-14-38)23-7-6-8-24(18-23)31(42)34-13-15-39/h2-3,6-12,17-18,21,29-30,32,38-41H,4-5,13-16,19-20H2,1H3,(H,34,42)(H,35,36)/t21-,29-,30-,32-/m1/s1. The molecule has 4 aromatic rings. The number of hydrogen-bond acceptors (Lipinski definition) is 9. The Balaban J connectivity index is 1.42. The van der Waals surface area contributed by atoms with Gasteiger partial charge in [0.25, 0.3) is 5.91 Å². The van der Waals surface area contributed by atoms with E-state index < -0.39 is 18.4 Å². The topological polar surface area (TPSA) is 158 Å². The maximum atomic E-state index is 12.5. The summed E-state index contributed by atoms with van der Waals surface area (Å²) in [7, 11) is 0. The van der Waals surface area contributed by atoms with Crippen molar-refractivity contribution in [3.8, 4) is 16.9 Å². The highest BCUT2D eigenvalue weighted by Gasteiger charge is 2.42. The summed E-state index contributed by atoms with van der Waals surface area (Å²) in [5.41, 5.74) is 4.55. The van der Waals surface area contributed by atoms with Crippen molar-refractivity contribution in [1.29, 1.82) is 0 Å². The summed E-state index contributed by atoms with van der Waals surface area (Å²) in [6, 6.07) is 20.7. The molecule has 2 heterocycles.